The van der Waals surface area contributed by atoms with Crippen molar-refractivity contribution < 1.29 is 9.53 Å². The Kier molecular flexibility index (Phi) is 6.05. The van der Waals surface area contributed by atoms with E-state index in [0.717, 1.165) is 50.2 Å². The van der Waals surface area contributed by atoms with E-state index in [9.17, 15) is 4.79 Å². The molecule has 0 aliphatic carbocycles. The van der Waals surface area contributed by atoms with Crippen molar-refractivity contribution in [1.29, 1.82) is 0 Å². The van der Waals surface area contributed by atoms with Gasteiger partial charge in [0.25, 0.3) is 0 Å². The van der Waals surface area contributed by atoms with Gasteiger partial charge in [0.05, 0.1) is 12.5 Å². The van der Waals surface area contributed by atoms with Gasteiger partial charge in [0.15, 0.2) is 0 Å². The molecule has 1 aromatic carbocycles. The van der Waals surface area contributed by atoms with E-state index in [-0.39, 0.29) is 11.8 Å². The van der Waals surface area contributed by atoms with E-state index in [1.54, 1.807) is 0 Å². The first-order chi connectivity index (χ1) is 10.2. The third-order valence-corrected chi connectivity index (χ3v) is 4.01. The lowest BCUT2D eigenvalue weighted by Gasteiger charge is -2.27. The number of rotatable bonds is 6. The second-order valence-corrected chi connectivity index (χ2v) is 5.77. The van der Waals surface area contributed by atoms with Crippen molar-refractivity contribution >= 4 is 5.91 Å². The van der Waals surface area contributed by atoms with Crippen LogP contribution in [0.4, 0.5) is 0 Å². The zero-order chi connectivity index (χ0) is 15.1. The van der Waals surface area contributed by atoms with Crippen molar-refractivity contribution in [2.24, 2.45) is 5.92 Å². The van der Waals surface area contributed by atoms with Crippen LogP contribution in [-0.4, -0.2) is 44.1 Å². The fraction of sp³-hybridized carbons (Fsp3) is 0.588. The van der Waals surface area contributed by atoms with Gasteiger partial charge in [-0.2, -0.15) is 0 Å². The van der Waals surface area contributed by atoms with Gasteiger partial charge in [0.1, 0.15) is 5.75 Å². The molecule has 1 aliphatic rings. The summed E-state index contributed by atoms with van der Waals surface area (Å²) in [7, 11) is 1.89. The normalized spacial score (nSPS) is 18.3. The van der Waals surface area contributed by atoms with Gasteiger partial charge in [-0.05, 0) is 44.4 Å². The first-order valence-electron chi connectivity index (χ1n) is 7.82. The number of hydrogen-bond donors (Lipinski definition) is 1. The number of piperidine rings is 1. The Bertz CT molecular complexity index is 456. The van der Waals surface area contributed by atoms with Crippen molar-refractivity contribution in [2.75, 3.05) is 33.3 Å². The predicted octanol–water partition coefficient (Wildman–Crippen LogP) is 2.22. The summed E-state index contributed by atoms with van der Waals surface area (Å²) in [5, 5.41) is 3.29. The third kappa shape index (κ3) is 4.74. The Labute approximate surface area is 127 Å². The molecule has 2 rings (SSSR count). The molecule has 0 aromatic heterocycles. The zero-order valence-electron chi connectivity index (χ0n) is 13.1. The molecular weight excluding hydrogens is 264 g/mol. The minimum Gasteiger partial charge on any atom is -0.493 e. The summed E-state index contributed by atoms with van der Waals surface area (Å²) in [6, 6.07) is 8.01. The number of nitrogens with one attached hydrogen (secondary N) is 1. The molecule has 1 amide bonds. The highest BCUT2D eigenvalue weighted by Crippen LogP contribution is 2.16. The predicted molar refractivity (Wildman–Crippen MR) is 84.5 cm³/mol. The largest absolute Gasteiger partial charge is 0.493 e. The molecule has 1 N–H and O–H groups in total. The summed E-state index contributed by atoms with van der Waals surface area (Å²) in [5.74, 6) is 1.35. The maximum atomic E-state index is 12.3. The average Bonchev–Trinajstić information content (AvgIpc) is 2.53. The summed E-state index contributed by atoms with van der Waals surface area (Å²) < 4.78 is 5.76. The van der Waals surface area contributed by atoms with Gasteiger partial charge in [-0.25, -0.2) is 0 Å². The lowest BCUT2D eigenvalue weighted by Crippen LogP contribution is -2.41. The molecule has 1 unspecified atom stereocenters. The lowest BCUT2D eigenvalue weighted by molar-refractivity contribution is -0.134. The molecular formula is C17H26N2O2. The Balaban J connectivity index is 1.68. The SMILES string of the molecule is Cc1ccccc1OCCCN(C)C(=O)C1CCCNC1. The van der Waals surface area contributed by atoms with Gasteiger partial charge in [0.2, 0.25) is 5.91 Å². The van der Waals surface area contributed by atoms with Crippen LogP contribution in [0, 0.1) is 12.8 Å². The number of amides is 1. The Hall–Kier alpha value is -1.55. The number of carbonyl (C=O) groups is 1. The zero-order valence-corrected chi connectivity index (χ0v) is 13.1. The van der Waals surface area contributed by atoms with E-state index in [1.165, 1.54) is 0 Å². The van der Waals surface area contributed by atoms with Crippen molar-refractivity contribution in [3.05, 3.63) is 29.8 Å². The van der Waals surface area contributed by atoms with Crippen molar-refractivity contribution in [1.82, 2.24) is 10.2 Å². The van der Waals surface area contributed by atoms with Crippen LogP contribution in [-0.2, 0) is 4.79 Å². The Morgan fingerprint density at radius 2 is 2.24 bits per heavy atom. The molecule has 1 saturated heterocycles. The molecule has 1 fully saturated rings. The summed E-state index contributed by atoms with van der Waals surface area (Å²) in [4.78, 5) is 14.1. The summed E-state index contributed by atoms with van der Waals surface area (Å²) in [6.07, 6.45) is 2.97. The van der Waals surface area contributed by atoms with Gasteiger partial charge >= 0.3 is 0 Å². The number of para-hydroxylation sites is 1. The Morgan fingerprint density at radius 3 is 2.95 bits per heavy atom. The van der Waals surface area contributed by atoms with E-state index < -0.39 is 0 Å². The van der Waals surface area contributed by atoms with Crippen LogP contribution >= 0.6 is 0 Å². The fourth-order valence-corrected chi connectivity index (χ4v) is 2.69. The van der Waals surface area contributed by atoms with Crippen LogP contribution < -0.4 is 10.1 Å². The summed E-state index contributed by atoms with van der Waals surface area (Å²) >= 11 is 0. The summed E-state index contributed by atoms with van der Waals surface area (Å²) in [6.45, 7) is 5.30. The molecule has 0 radical (unpaired) electrons. The molecule has 116 valence electrons. The fourth-order valence-electron chi connectivity index (χ4n) is 2.69. The number of hydrogen-bond acceptors (Lipinski definition) is 3. The molecule has 1 aromatic rings. The van der Waals surface area contributed by atoms with Gasteiger partial charge in [-0.3, -0.25) is 4.79 Å². The molecule has 0 spiro atoms. The van der Waals surface area contributed by atoms with Crippen molar-refractivity contribution in [3.63, 3.8) is 0 Å². The second-order valence-electron chi connectivity index (χ2n) is 5.77. The number of benzene rings is 1. The van der Waals surface area contributed by atoms with Crippen LogP contribution in [0.25, 0.3) is 0 Å². The van der Waals surface area contributed by atoms with Crippen LogP contribution in [0.5, 0.6) is 5.75 Å². The average molecular weight is 290 g/mol. The van der Waals surface area contributed by atoms with Gasteiger partial charge in [-0.15, -0.1) is 0 Å². The third-order valence-electron chi connectivity index (χ3n) is 4.01. The maximum absolute atomic E-state index is 12.3. The highest BCUT2D eigenvalue weighted by atomic mass is 16.5. The quantitative estimate of drug-likeness (QED) is 0.817. The highest BCUT2D eigenvalue weighted by Gasteiger charge is 2.23. The molecule has 0 bridgehead atoms. The standard InChI is InChI=1S/C17H26N2O2/c1-14-7-3-4-9-16(14)21-12-6-11-19(2)17(20)15-8-5-10-18-13-15/h3-4,7,9,15,18H,5-6,8,10-13H2,1-2H3. The highest BCUT2D eigenvalue weighted by molar-refractivity contribution is 5.78. The van der Waals surface area contributed by atoms with Gasteiger partial charge < -0.3 is 15.0 Å². The van der Waals surface area contributed by atoms with Crippen LogP contribution in [0.2, 0.25) is 0 Å². The number of carbonyl (C=O) groups excluding carboxylic acids is 1. The van der Waals surface area contributed by atoms with Gasteiger partial charge in [0, 0.05) is 20.1 Å². The number of ether oxygens (including phenoxy) is 1. The van der Waals surface area contributed by atoms with Crippen LogP contribution in [0.15, 0.2) is 24.3 Å². The molecule has 21 heavy (non-hydrogen) atoms. The topological polar surface area (TPSA) is 41.6 Å². The summed E-state index contributed by atoms with van der Waals surface area (Å²) in [5.41, 5.74) is 1.15. The Morgan fingerprint density at radius 1 is 1.43 bits per heavy atom. The monoisotopic (exact) mass is 290 g/mol. The van der Waals surface area contributed by atoms with E-state index in [4.69, 9.17) is 4.74 Å². The number of nitrogens with zero attached hydrogens (tertiary/aromatic N) is 1. The molecule has 4 heteroatoms. The van der Waals surface area contributed by atoms with E-state index in [2.05, 4.69) is 5.32 Å². The van der Waals surface area contributed by atoms with E-state index in [1.807, 2.05) is 43.1 Å². The first-order valence-corrected chi connectivity index (χ1v) is 7.82. The second kappa shape index (κ2) is 8.03. The molecule has 1 atom stereocenters. The minimum absolute atomic E-state index is 0.154. The van der Waals surface area contributed by atoms with E-state index >= 15 is 0 Å². The smallest absolute Gasteiger partial charge is 0.226 e. The van der Waals surface area contributed by atoms with Crippen LogP contribution in [0.3, 0.4) is 0 Å². The molecule has 4 nitrogen and oxygen atoms in total. The maximum Gasteiger partial charge on any atom is 0.226 e. The van der Waals surface area contributed by atoms with Crippen molar-refractivity contribution in [2.45, 2.75) is 26.2 Å². The lowest BCUT2D eigenvalue weighted by atomic mass is 9.98. The minimum atomic E-state index is 0.154. The number of aryl methyl sites for hydroxylation is 1. The van der Waals surface area contributed by atoms with Crippen LogP contribution in [0.1, 0.15) is 24.8 Å². The van der Waals surface area contributed by atoms with E-state index in [0.29, 0.717) is 6.61 Å². The first kappa shape index (κ1) is 15.8. The molecule has 1 aliphatic heterocycles. The molecule has 0 saturated carbocycles. The van der Waals surface area contributed by atoms with Gasteiger partial charge in [-0.1, -0.05) is 18.2 Å². The van der Waals surface area contributed by atoms with Crippen molar-refractivity contribution in [3.8, 4) is 5.75 Å². The molecule has 1 heterocycles.